The highest BCUT2D eigenvalue weighted by Gasteiger charge is 2.60. The number of hydrogen-bond donors (Lipinski definition) is 0. The molecule has 3 aliphatic rings. The summed E-state index contributed by atoms with van der Waals surface area (Å²) in [5, 5.41) is 0. The Balaban J connectivity index is 1.55. The number of anilines is 1. The minimum atomic E-state index is -0.830. The molecule has 0 spiro atoms. The zero-order valence-corrected chi connectivity index (χ0v) is 19.9. The molecule has 3 aromatic rings. The Morgan fingerprint density at radius 2 is 1.56 bits per heavy atom. The summed E-state index contributed by atoms with van der Waals surface area (Å²) in [6.07, 6.45) is 2.01. The average Bonchev–Trinajstić information content (AvgIpc) is 3.10. The van der Waals surface area contributed by atoms with Gasteiger partial charge in [0.25, 0.3) is 0 Å². The summed E-state index contributed by atoms with van der Waals surface area (Å²) in [4.78, 5) is 42.2. The molecule has 0 unspecified atom stereocenters. The lowest BCUT2D eigenvalue weighted by Gasteiger charge is -2.38. The fourth-order valence-electron chi connectivity index (χ4n) is 5.51. The summed E-state index contributed by atoms with van der Waals surface area (Å²) < 4.78 is 6.55. The van der Waals surface area contributed by atoms with Gasteiger partial charge in [0.05, 0.1) is 23.4 Å². The maximum atomic E-state index is 13.8. The van der Waals surface area contributed by atoms with Gasteiger partial charge in [-0.2, -0.15) is 0 Å². The largest absolute Gasteiger partial charge is 0.425 e. The summed E-state index contributed by atoms with van der Waals surface area (Å²) in [5.41, 5.74) is 3.99. The number of ether oxygens (including phenoxy) is 1. The molecule has 168 valence electrons. The highest BCUT2D eigenvalue weighted by molar-refractivity contribution is 9.10. The van der Waals surface area contributed by atoms with Crippen LogP contribution in [0.25, 0.3) is 5.57 Å². The van der Waals surface area contributed by atoms with Crippen molar-refractivity contribution in [2.45, 2.75) is 12.8 Å². The Morgan fingerprint density at radius 3 is 2.29 bits per heavy atom. The predicted octanol–water partition coefficient (Wildman–Crippen LogP) is 5.28. The van der Waals surface area contributed by atoms with Crippen LogP contribution in [0.3, 0.4) is 0 Å². The number of fused-ring (bicyclic) bond motifs is 5. The van der Waals surface area contributed by atoms with Gasteiger partial charge in [-0.05, 0) is 54.0 Å². The fraction of sp³-hybridized carbons (Fsp3) is 0.179. The van der Waals surface area contributed by atoms with Gasteiger partial charge in [-0.15, -0.1) is 0 Å². The average molecular weight is 514 g/mol. The van der Waals surface area contributed by atoms with E-state index < -0.39 is 23.7 Å². The minimum Gasteiger partial charge on any atom is -0.425 e. The van der Waals surface area contributed by atoms with Gasteiger partial charge in [-0.25, -0.2) is 4.90 Å². The lowest BCUT2D eigenvalue weighted by Crippen LogP contribution is -2.42. The van der Waals surface area contributed by atoms with E-state index in [-0.39, 0.29) is 17.7 Å². The van der Waals surface area contributed by atoms with Crippen LogP contribution in [-0.4, -0.2) is 17.8 Å². The van der Waals surface area contributed by atoms with Crippen molar-refractivity contribution in [2.75, 3.05) is 4.90 Å². The number of imide groups is 1. The van der Waals surface area contributed by atoms with Gasteiger partial charge >= 0.3 is 5.97 Å². The topological polar surface area (TPSA) is 63.7 Å². The van der Waals surface area contributed by atoms with E-state index in [9.17, 15) is 14.4 Å². The van der Waals surface area contributed by atoms with Gasteiger partial charge in [0.1, 0.15) is 5.75 Å². The van der Waals surface area contributed by atoms with Crippen LogP contribution in [0.15, 0.2) is 83.3 Å². The number of nitrogens with zero attached hydrogens (tertiary/aromatic N) is 1. The second-order valence-corrected chi connectivity index (χ2v) is 9.91. The number of carbonyl (C=O) groups is 3. The summed E-state index contributed by atoms with van der Waals surface area (Å²) >= 11 is 3.40. The second kappa shape index (κ2) is 7.77. The van der Waals surface area contributed by atoms with Crippen molar-refractivity contribution in [2.24, 2.45) is 17.8 Å². The molecule has 3 aromatic carbocycles. The SMILES string of the molecule is Cc1ccc2c(c1)OC(=O)[C@@H]1C2=C[C@H](c2ccccc2)[C@H]2C(=O)N(c3ccc(Br)cc3)C(=O)[C@H]12. The monoisotopic (exact) mass is 513 g/mol. The normalized spacial score (nSPS) is 25.3. The fourth-order valence-corrected chi connectivity index (χ4v) is 5.78. The van der Waals surface area contributed by atoms with E-state index in [2.05, 4.69) is 15.9 Å². The van der Waals surface area contributed by atoms with E-state index in [4.69, 9.17) is 4.74 Å². The Kier molecular flexibility index (Phi) is 4.81. The van der Waals surface area contributed by atoms with Gasteiger partial charge in [0.2, 0.25) is 11.8 Å². The van der Waals surface area contributed by atoms with Crippen molar-refractivity contribution in [3.05, 3.63) is 100 Å². The Morgan fingerprint density at radius 1 is 0.853 bits per heavy atom. The zero-order valence-electron chi connectivity index (χ0n) is 18.3. The first-order valence-electron chi connectivity index (χ1n) is 11.2. The summed E-state index contributed by atoms with van der Waals surface area (Å²) in [5.74, 6) is -3.31. The number of allylic oxidation sites excluding steroid dienone is 1. The standard InChI is InChI=1S/C28H20BrNO4/c1-15-7-12-19-21-14-20(16-5-3-2-4-6-16)23-25(24(21)28(33)34-22(19)13-15)27(32)30(26(23)31)18-10-8-17(29)9-11-18/h2-14,20,23-25H,1H3/t20-,23-,24-,25+/m1/s1. The number of rotatable bonds is 2. The summed E-state index contributed by atoms with van der Waals surface area (Å²) in [6, 6.07) is 22.5. The molecule has 1 fully saturated rings. The maximum absolute atomic E-state index is 13.8. The molecule has 6 heteroatoms. The van der Waals surface area contributed by atoms with Crippen LogP contribution in [0.5, 0.6) is 5.75 Å². The molecule has 2 aliphatic heterocycles. The number of amides is 2. The Labute approximate surface area is 205 Å². The van der Waals surface area contributed by atoms with Crippen molar-refractivity contribution < 1.29 is 19.1 Å². The third kappa shape index (κ3) is 3.09. The molecular formula is C28H20BrNO4. The van der Waals surface area contributed by atoms with Crippen LogP contribution in [0.1, 0.15) is 22.6 Å². The van der Waals surface area contributed by atoms with E-state index in [1.807, 2.05) is 61.5 Å². The zero-order chi connectivity index (χ0) is 23.6. The molecule has 0 radical (unpaired) electrons. The molecule has 0 aromatic heterocycles. The molecule has 4 atom stereocenters. The number of hydrogen-bond acceptors (Lipinski definition) is 4. The smallest absolute Gasteiger partial charge is 0.319 e. The first kappa shape index (κ1) is 21.1. The van der Waals surface area contributed by atoms with Crippen LogP contribution >= 0.6 is 15.9 Å². The number of esters is 1. The lowest BCUT2D eigenvalue weighted by molar-refractivity contribution is -0.142. The van der Waals surface area contributed by atoms with E-state index in [0.29, 0.717) is 11.4 Å². The third-order valence-corrected chi connectivity index (χ3v) is 7.55. The molecule has 1 aliphatic carbocycles. The first-order chi connectivity index (χ1) is 16.4. The highest BCUT2D eigenvalue weighted by atomic mass is 79.9. The van der Waals surface area contributed by atoms with Crippen LogP contribution in [0, 0.1) is 24.7 Å². The van der Waals surface area contributed by atoms with Gasteiger partial charge in [-0.3, -0.25) is 14.4 Å². The van der Waals surface area contributed by atoms with Crippen molar-refractivity contribution in [3.8, 4) is 5.75 Å². The molecule has 2 amide bonds. The van der Waals surface area contributed by atoms with Crippen molar-refractivity contribution >= 4 is 45.0 Å². The molecule has 6 rings (SSSR count). The van der Waals surface area contributed by atoms with E-state index in [1.165, 1.54) is 4.90 Å². The number of halogens is 1. The van der Waals surface area contributed by atoms with Crippen LogP contribution in [0.4, 0.5) is 5.69 Å². The molecule has 0 N–H and O–H groups in total. The van der Waals surface area contributed by atoms with E-state index in [1.54, 1.807) is 24.3 Å². The van der Waals surface area contributed by atoms with Crippen molar-refractivity contribution in [1.82, 2.24) is 0 Å². The second-order valence-electron chi connectivity index (χ2n) is 9.00. The minimum absolute atomic E-state index is 0.288. The Bertz CT molecular complexity index is 1380. The van der Waals surface area contributed by atoms with Gasteiger partial charge < -0.3 is 4.74 Å². The molecule has 0 bridgehead atoms. The van der Waals surface area contributed by atoms with Crippen LogP contribution < -0.4 is 9.64 Å². The molecule has 5 nitrogen and oxygen atoms in total. The molecular weight excluding hydrogens is 494 g/mol. The van der Waals surface area contributed by atoms with Gasteiger partial charge in [-0.1, -0.05) is 64.5 Å². The molecule has 0 saturated carbocycles. The van der Waals surface area contributed by atoms with Crippen LogP contribution in [-0.2, 0) is 14.4 Å². The third-order valence-electron chi connectivity index (χ3n) is 7.02. The van der Waals surface area contributed by atoms with Crippen molar-refractivity contribution in [1.29, 1.82) is 0 Å². The van der Waals surface area contributed by atoms with Gasteiger partial charge in [0, 0.05) is 16.0 Å². The summed E-state index contributed by atoms with van der Waals surface area (Å²) in [6.45, 7) is 1.94. The molecule has 2 heterocycles. The highest BCUT2D eigenvalue weighted by Crippen LogP contribution is 2.54. The summed E-state index contributed by atoms with van der Waals surface area (Å²) in [7, 11) is 0. The van der Waals surface area contributed by atoms with Crippen molar-refractivity contribution in [3.63, 3.8) is 0 Å². The first-order valence-corrected chi connectivity index (χ1v) is 12.0. The Hall–Kier alpha value is -3.51. The van der Waals surface area contributed by atoms with E-state index in [0.717, 1.165) is 26.7 Å². The quantitative estimate of drug-likeness (QED) is 0.265. The molecule has 1 saturated heterocycles. The van der Waals surface area contributed by atoms with E-state index >= 15 is 0 Å². The lowest BCUT2D eigenvalue weighted by atomic mass is 9.64. The number of carbonyl (C=O) groups excluding carboxylic acids is 3. The molecule has 34 heavy (non-hydrogen) atoms. The number of benzene rings is 3. The maximum Gasteiger partial charge on any atom is 0.319 e. The number of aryl methyl sites for hydroxylation is 1. The van der Waals surface area contributed by atoms with Crippen LogP contribution in [0.2, 0.25) is 0 Å². The predicted molar refractivity (Wildman–Crippen MR) is 131 cm³/mol. The van der Waals surface area contributed by atoms with Gasteiger partial charge in [0.15, 0.2) is 0 Å².